The second-order valence-electron chi connectivity index (χ2n) is 0.346. The summed E-state index contributed by atoms with van der Waals surface area (Å²) in [5.41, 5.74) is 0. The van der Waals surface area contributed by atoms with Crippen LogP contribution in [0.25, 0.3) is 0 Å². The fraction of sp³-hybridized carbons (Fsp3) is 0. The average Bonchev–Trinajstić information content (AvgIpc) is 0.811. The molecule has 6 heteroatoms. The summed E-state index contributed by atoms with van der Waals surface area (Å²) >= 11 is 0. The van der Waals surface area contributed by atoms with Gasteiger partial charge in [0.25, 0.3) is 0 Å². The molecular weight excluding hydrogens is 285 g/mol. The van der Waals surface area contributed by atoms with Crippen LogP contribution in [0.3, 0.4) is 0 Å². The van der Waals surface area contributed by atoms with Crippen molar-refractivity contribution in [3.63, 3.8) is 0 Å². The Morgan fingerprint density at radius 2 is 1.00 bits per heavy atom. The van der Waals surface area contributed by atoms with Gasteiger partial charge in [-0.3, -0.25) is 0 Å². The Hall–Kier alpha value is 2.62. The van der Waals surface area contributed by atoms with E-state index in [0.717, 1.165) is 0 Å². The first-order valence-electron chi connectivity index (χ1n) is 0.775. The maximum atomic E-state index is 7.17. The van der Waals surface area contributed by atoms with Gasteiger partial charge >= 0.3 is 52.8 Å². The van der Waals surface area contributed by atoms with Crippen molar-refractivity contribution < 1.29 is 50.7 Å². The van der Waals surface area contributed by atoms with Crippen LogP contribution in [0.4, 0.5) is 0 Å². The molecular formula is H5BLaO3Sr. The average molecular weight is 290 g/mol. The Balaban J connectivity index is -0.0000000450. The molecule has 0 spiro atoms. The molecule has 0 aromatic heterocycles. The molecule has 0 aliphatic rings. The van der Waals surface area contributed by atoms with Gasteiger partial charge in [0.2, 0.25) is 0 Å². The molecule has 0 amide bonds. The molecule has 0 rings (SSSR count). The van der Waals surface area contributed by atoms with E-state index in [1.807, 2.05) is 0 Å². The summed E-state index contributed by atoms with van der Waals surface area (Å²) in [7, 11) is -2.17. The van der Waals surface area contributed by atoms with E-state index in [1.54, 1.807) is 0 Å². The first-order chi connectivity index (χ1) is 1.73. The summed E-state index contributed by atoms with van der Waals surface area (Å²) in [5.74, 6) is 0. The van der Waals surface area contributed by atoms with Crippen molar-refractivity contribution in [2.75, 3.05) is 0 Å². The third-order valence-electron chi connectivity index (χ3n) is 0. The molecule has 0 heterocycles. The zero-order valence-corrected chi connectivity index (χ0v) is 6.12. The van der Waals surface area contributed by atoms with E-state index < -0.39 is 7.32 Å². The Labute approximate surface area is 101 Å². The van der Waals surface area contributed by atoms with E-state index in [9.17, 15) is 0 Å². The van der Waals surface area contributed by atoms with Crippen molar-refractivity contribution in [3.05, 3.63) is 0 Å². The SMILES string of the molecule is OB(O)O.[La].[SrH2]. The molecule has 0 unspecified atom stereocenters. The normalized spacial score (nSPS) is 4.50. The van der Waals surface area contributed by atoms with E-state index in [2.05, 4.69) is 0 Å². The molecule has 0 aliphatic carbocycles. The van der Waals surface area contributed by atoms with Crippen molar-refractivity contribution in [1.29, 1.82) is 0 Å². The summed E-state index contributed by atoms with van der Waals surface area (Å²) in [6.07, 6.45) is 0. The molecule has 0 bridgehead atoms. The van der Waals surface area contributed by atoms with E-state index in [-0.39, 0.29) is 81.1 Å². The monoisotopic (exact) mass is 291 g/mol. The molecule has 3 nitrogen and oxygen atoms in total. The van der Waals surface area contributed by atoms with Gasteiger partial charge in [0.1, 0.15) is 0 Å². The summed E-state index contributed by atoms with van der Waals surface area (Å²) in [4.78, 5) is 0. The van der Waals surface area contributed by atoms with Gasteiger partial charge in [-0.15, -0.1) is 0 Å². The minimum atomic E-state index is -2.17. The molecule has 6 heavy (non-hydrogen) atoms. The van der Waals surface area contributed by atoms with Crippen LogP contribution in [0, 0.1) is 35.6 Å². The first kappa shape index (κ1) is 15.8. The van der Waals surface area contributed by atoms with Crippen molar-refractivity contribution in [3.8, 4) is 0 Å². The third-order valence-corrected chi connectivity index (χ3v) is 0. The third kappa shape index (κ3) is 30.5. The summed E-state index contributed by atoms with van der Waals surface area (Å²) < 4.78 is 0. The van der Waals surface area contributed by atoms with Gasteiger partial charge in [-0.05, 0) is 0 Å². The molecule has 1 radical (unpaired) electrons. The van der Waals surface area contributed by atoms with Crippen molar-refractivity contribution >= 4 is 52.8 Å². The van der Waals surface area contributed by atoms with Crippen molar-refractivity contribution in [1.82, 2.24) is 0 Å². The van der Waals surface area contributed by atoms with Crippen LogP contribution in [-0.2, 0) is 0 Å². The minimum absolute atomic E-state index is 0. The maximum absolute atomic E-state index is 7.17. The van der Waals surface area contributed by atoms with Crippen LogP contribution in [0.1, 0.15) is 0 Å². The summed E-state index contributed by atoms with van der Waals surface area (Å²) in [6, 6.07) is 0. The quantitative estimate of drug-likeness (QED) is 0.418. The summed E-state index contributed by atoms with van der Waals surface area (Å²) in [6.45, 7) is 0. The Morgan fingerprint density at radius 1 is 1.00 bits per heavy atom. The number of hydrogen-bond acceptors (Lipinski definition) is 3. The molecule has 0 fully saturated rings. The molecule has 0 saturated carbocycles. The zero-order valence-electron chi connectivity index (χ0n) is 2.50. The topological polar surface area (TPSA) is 60.7 Å². The molecule has 3 N–H and O–H groups in total. The Bertz CT molecular complexity index is 15.5. The van der Waals surface area contributed by atoms with Crippen LogP contribution >= 0.6 is 0 Å². The van der Waals surface area contributed by atoms with Gasteiger partial charge in [-0.25, -0.2) is 0 Å². The van der Waals surface area contributed by atoms with Crippen LogP contribution in [0.2, 0.25) is 0 Å². The Kier molecular flexibility index (Phi) is 27.9. The van der Waals surface area contributed by atoms with Crippen LogP contribution in [0.5, 0.6) is 0 Å². The fourth-order valence-corrected chi connectivity index (χ4v) is 0. The van der Waals surface area contributed by atoms with E-state index >= 15 is 0 Å². The van der Waals surface area contributed by atoms with E-state index in [0.29, 0.717) is 0 Å². The van der Waals surface area contributed by atoms with Crippen LogP contribution < -0.4 is 0 Å². The standard InChI is InChI=1S/BH3O3.La.Sr.2H/c2-1(3)4;;;;/h2-4H;;;;. The molecule has 0 aliphatic heterocycles. The second kappa shape index (κ2) is 10.6. The van der Waals surface area contributed by atoms with Gasteiger partial charge in [-0.1, -0.05) is 0 Å². The van der Waals surface area contributed by atoms with Gasteiger partial charge in [0.15, 0.2) is 0 Å². The predicted molar refractivity (Wildman–Crippen MR) is 21.0 cm³/mol. The molecule has 0 aromatic carbocycles. The summed E-state index contributed by atoms with van der Waals surface area (Å²) in [5, 5.41) is 21.5. The van der Waals surface area contributed by atoms with Gasteiger partial charge in [0, 0.05) is 35.6 Å². The second-order valence-corrected chi connectivity index (χ2v) is 0.346. The van der Waals surface area contributed by atoms with Gasteiger partial charge in [-0.2, -0.15) is 0 Å². The van der Waals surface area contributed by atoms with Crippen LogP contribution in [-0.4, -0.2) is 67.9 Å². The van der Waals surface area contributed by atoms with Crippen molar-refractivity contribution in [2.45, 2.75) is 0 Å². The van der Waals surface area contributed by atoms with E-state index in [1.165, 1.54) is 0 Å². The number of hydrogen-bond donors (Lipinski definition) is 3. The zero-order chi connectivity index (χ0) is 3.58. The van der Waals surface area contributed by atoms with E-state index in [4.69, 9.17) is 15.1 Å². The Morgan fingerprint density at radius 3 is 1.00 bits per heavy atom. The van der Waals surface area contributed by atoms with Gasteiger partial charge < -0.3 is 15.1 Å². The molecule has 0 atom stereocenters. The molecule has 0 saturated heterocycles. The van der Waals surface area contributed by atoms with Gasteiger partial charge in [0.05, 0.1) is 0 Å². The predicted octanol–water partition coefficient (Wildman–Crippen LogP) is -2.97. The first-order valence-corrected chi connectivity index (χ1v) is 0.775. The van der Waals surface area contributed by atoms with Crippen molar-refractivity contribution in [2.24, 2.45) is 0 Å². The number of rotatable bonds is 0. The molecule has 31 valence electrons. The molecule has 0 aromatic rings. The van der Waals surface area contributed by atoms with Crippen LogP contribution in [0.15, 0.2) is 0 Å². The fourth-order valence-electron chi connectivity index (χ4n) is 0.